The lowest BCUT2D eigenvalue weighted by molar-refractivity contribution is -0.123. The molecule has 0 aliphatic carbocycles. The first-order valence-electron chi connectivity index (χ1n) is 19.9. The van der Waals surface area contributed by atoms with Crippen LogP contribution in [0.15, 0.2) is 12.2 Å². The third kappa shape index (κ3) is 32.5. The van der Waals surface area contributed by atoms with Crippen molar-refractivity contribution in [3.8, 4) is 0 Å². The summed E-state index contributed by atoms with van der Waals surface area (Å²) in [6.45, 7) is 4.35. The first-order valence-corrected chi connectivity index (χ1v) is 19.9. The van der Waals surface area contributed by atoms with Crippen LogP contribution < -0.4 is 5.32 Å². The minimum absolute atomic E-state index is 0.0385. The van der Waals surface area contributed by atoms with Gasteiger partial charge in [-0.15, -0.1) is 0 Å². The molecule has 0 bridgehead atoms. The zero-order valence-electron chi connectivity index (χ0n) is 29.9. The average Bonchev–Trinajstić information content (AvgIpc) is 3.03. The number of aliphatic hydroxyl groups is 2. The summed E-state index contributed by atoms with van der Waals surface area (Å²) in [6, 6.07) is -0.546. The Kier molecular flexibility index (Phi) is 35.9. The molecule has 0 aliphatic heterocycles. The number of amides is 1. The second-order valence-corrected chi connectivity index (χ2v) is 13.7. The van der Waals surface area contributed by atoms with Crippen molar-refractivity contribution < 1.29 is 15.0 Å². The fraction of sp³-hybridized carbons (Fsp3) is 0.925. The molecule has 0 spiro atoms. The molecule has 1 amide bonds. The van der Waals surface area contributed by atoms with Crippen molar-refractivity contribution in [2.24, 2.45) is 0 Å². The van der Waals surface area contributed by atoms with E-state index in [9.17, 15) is 15.0 Å². The maximum absolute atomic E-state index is 12.3. The summed E-state index contributed by atoms with van der Waals surface area (Å²) in [6.07, 6.45) is 44.2. The second-order valence-electron chi connectivity index (χ2n) is 13.7. The fourth-order valence-corrected chi connectivity index (χ4v) is 6.18. The van der Waals surface area contributed by atoms with Crippen LogP contribution >= 0.6 is 0 Å². The molecule has 0 aromatic carbocycles. The molecule has 0 rings (SSSR count). The quantitative estimate of drug-likeness (QED) is 0.0481. The van der Waals surface area contributed by atoms with E-state index in [1.165, 1.54) is 161 Å². The summed E-state index contributed by atoms with van der Waals surface area (Å²) < 4.78 is 0. The van der Waals surface area contributed by atoms with Gasteiger partial charge in [-0.05, 0) is 38.5 Å². The smallest absolute Gasteiger partial charge is 0.220 e. The van der Waals surface area contributed by atoms with Crippen LogP contribution in [0.3, 0.4) is 0 Å². The van der Waals surface area contributed by atoms with Crippen molar-refractivity contribution in [1.29, 1.82) is 0 Å². The van der Waals surface area contributed by atoms with Crippen LogP contribution in [0.1, 0.15) is 219 Å². The summed E-state index contributed by atoms with van der Waals surface area (Å²) in [5.41, 5.74) is 0. The first kappa shape index (κ1) is 43.1. The van der Waals surface area contributed by atoms with E-state index in [1.54, 1.807) is 0 Å². The molecule has 0 aromatic rings. The summed E-state index contributed by atoms with van der Waals surface area (Å²) in [5, 5.41) is 23.1. The van der Waals surface area contributed by atoms with Gasteiger partial charge in [0.05, 0.1) is 18.8 Å². The summed E-state index contributed by atoms with van der Waals surface area (Å²) >= 11 is 0. The van der Waals surface area contributed by atoms with Crippen LogP contribution in [0.4, 0.5) is 0 Å². The normalized spacial score (nSPS) is 13.1. The van der Waals surface area contributed by atoms with Gasteiger partial charge in [-0.1, -0.05) is 187 Å². The van der Waals surface area contributed by atoms with Gasteiger partial charge in [0.2, 0.25) is 5.91 Å². The molecule has 44 heavy (non-hydrogen) atoms. The number of carbonyl (C=O) groups excluding carboxylic acids is 1. The molecule has 262 valence electrons. The lowest BCUT2D eigenvalue weighted by atomic mass is 10.0. The average molecular weight is 622 g/mol. The topological polar surface area (TPSA) is 69.6 Å². The Balaban J connectivity index is 3.55. The Bertz CT molecular complexity index is 593. The molecular weight excluding hydrogens is 542 g/mol. The minimum atomic E-state index is -0.676. The van der Waals surface area contributed by atoms with Gasteiger partial charge in [0.1, 0.15) is 0 Å². The second kappa shape index (κ2) is 36.6. The van der Waals surface area contributed by atoms with E-state index in [4.69, 9.17) is 0 Å². The zero-order valence-corrected chi connectivity index (χ0v) is 29.9. The fourth-order valence-electron chi connectivity index (χ4n) is 6.18. The predicted molar refractivity (Wildman–Crippen MR) is 193 cm³/mol. The van der Waals surface area contributed by atoms with E-state index in [0.29, 0.717) is 12.8 Å². The number of nitrogens with one attached hydrogen (secondary N) is 1. The van der Waals surface area contributed by atoms with Gasteiger partial charge in [-0.25, -0.2) is 0 Å². The minimum Gasteiger partial charge on any atom is -0.394 e. The SMILES string of the molecule is CCCCCCCCCCCC/C=C/CCCC[C@@H](O)[C@H](CO)NC(=O)CCCCCCCCCCCCCCCCCC. The molecule has 3 N–H and O–H groups in total. The Hall–Kier alpha value is -0.870. The molecule has 0 unspecified atom stereocenters. The largest absolute Gasteiger partial charge is 0.394 e. The van der Waals surface area contributed by atoms with Crippen molar-refractivity contribution >= 4 is 5.91 Å². The van der Waals surface area contributed by atoms with Gasteiger partial charge >= 0.3 is 0 Å². The van der Waals surface area contributed by atoms with E-state index in [1.807, 2.05) is 0 Å². The van der Waals surface area contributed by atoms with Crippen LogP contribution in [0, 0.1) is 0 Å². The van der Waals surface area contributed by atoms with Gasteiger partial charge in [-0.2, -0.15) is 0 Å². The van der Waals surface area contributed by atoms with Gasteiger partial charge in [0, 0.05) is 6.42 Å². The van der Waals surface area contributed by atoms with E-state index in [0.717, 1.165) is 32.1 Å². The summed E-state index contributed by atoms with van der Waals surface area (Å²) in [7, 11) is 0. The molecule has 0 saturated heterocycles. The Labute approximate surface area is 276 Å². The molecule has 0 radical (unpaired) electrons. The molecule has 0 saturated carbocycles. The number of hydrogen-bond donors (Lipinski definition) is 3. The molecule has 0 fully saturated rings. The van der Waals surface area contributed by atoms with Crippen LogP contribution in [0.25, 0.3) is 0 Å². The summed E-state index contributed by atoms with van der Waals surface area (Å²) in [4.78, 5) is 12.3. The highest BCUT2D eigenvalue weighted by Crippen LogP contribution is 2.15. The van der Waals surface area contributed by atoms with Gasteiger partial charge in [0.25, 0.3) is 0 Å². The Morgan fingerprint density at radius 1 is 0.523 bits per heavy atom. The molecule has 4 heteroatoms. The number of aliphatic hydroxyl groups excluding tert-OH is 2. The van der Waals surface area contributed by atoms with Crippen molar-refractivity contribution in [1.82, 2.24) is 5.32 Å². The van der Waals surface area contributed by atoms with Crippen molar-refractivity contribution in [2.75, 3.05) is 6.61 Å². The van der Waals surface area contributed by atoms with Gasteiger partial charge in [-0.3, -0.25) is 4.79 Å². The van der Waals surface area contributed by atoms with Crippen LogP contribution in [-0.4, -0.2) is 34.9 Å². The summed E-state index contributed by atoms with van der Waals surface area (Å²) in [5.74, 6) is -0.0385. The molecule has 4 nitrogen and oxygen atoms in total. The lowest BCUT2D eigenvalue weighted by Crippen LogP contribution is -2.45. The standard InChI is InChI=1S/C40H79NO3/c1-3-5-7-9-11-13-15-17-19-21-23-25-27-29-31-33-35-39(43)38(37-42)41-40(44)36-34-32-30-28-26-24-22-20-18-16-14-12-10-8-6-4-2/h25,27,38-39,42-43H,3-24,26,28-37H2,1-2H3,(H,41,44)/b27-25+/t38-,39+/m0/s1. The van der Waals surface area contributed by atoms with E-state index >= 15 is 0 Å². The monoisotopic (exact) mass is 622 g/mol. The maximum atomic E-state index is 12.3. The molecular formula is C40H79NO3. The van der Waals surface area contributed by atoms with Gasteiger partial charge in [0.15, 0.2) is 0 Å². The number of hydrogen-bond acceptors (Lipinski definition) is 3. The van der Waals surface area contributed by atoms with Gasteiger partial charge < -0.3 is 15.5 Å². The van der Waals surface area contributed by atoms with Crippen molar-refractivity contribution in [3.63, 3.8) is 0 Å². The van der Waals surface area contributed by atoms with E-state index in [2.05, 4.69) is 31.3 Å². The van der Waals surface area contributed by atoms with Crippen LogP contribution in [0.5, 0.6) is 0 Å². The number of unbranched alkanes of at least 4 members (excludes halogenated alkanes) is 27. The highest BCUT2D eigenvalue weighted by atomic mass is 16.3. The van der Waals surface area contributed by atoms with E-state index in [-0.39, 0.29) is 12.5 Å². The number of rotatable bonds is 36. The third-order valence-corrected chi connectivity index (χ3v) is 9.28. The highest BCUT2D eigenvalue weighted by molar-refractivity contribution is 5.76. The Morgan fingerprint density at radius 2 is 0.864 bits per heavy atom. The van der Waals surface area contributed by atoms with Crippen LogP contribution in [-0.2, 0) is 4.79 Å². The highest BCUT2D eigenvalue weighted by Gasteiger charge is 2.19. The molecule has 0 heterocycles. The number of carbonyl (C=O) groups is 1. The maximum Gasteiger partial charge on any atom is 0.220 e. The first-order chi connectivity index (χ1) is 21.7. The lowest BCUT2D eigenvalue weighted by Gasteiger charge is -2.22. The van der Waals surface area contributed by atoms with Crippen molar-refractivity contribution in [3.05, 3.63) is 12.2 Å². The number of allylic oxidation sites excluding steroid dienone is 2. The molecule has 2 atom stereocenters. The zero-order chi connectivity index (χ0) is 32.2. The predicted octanol–water partition coefficient (Wildman–Crippen LogP) is 11.9. The Morgan fingerprint density at radius 3 is 1.25 bits per heavy atom. The molecule has 0 aliphatic rings. The van der Waals surface area contributed by atoms with Crippen LogP contribution in [0.2, 0.25) is 0 Å². The van der Waals surface area contributed by atoms with Crippen molar-refractivity contribution in [2.45, 2.75) is 231 Å². The van der Waals surface area contributed by atoms with E-state index < -0.39 is 12.1 Å². The third-order valence-electron chi connectivity index (χ3n) is 9.28. The molecule has 0 aromatic heterocycles.